The summed E-state index contributed by atoms with van der Waals surface area (Å²) in [7, 11) is 1.57. The van der Waals surface area contributed by atoms with E-state index in [1.165, 1.54) is 24.2 Å². The van der Waals surface area contributed by atoms with Crippen LogP contribution in [0.4, 0.5) is 0 Å². The summed E-state index contributed by atoms with van der Waals surface area (Å²) < 4.78 is 0. The number of carbonyl (C=O) groups excluding carboxylic acids is 1. The lowest BCUT2D eigenvalue weighted by atomic mass is 9.43. The number of carbonyl (C=O) groups is 2. The first-order valence-electron chi connectivity index (χ1n) is 13.3. The predicted octanol–water partition coefficient (Wildman–Crippen LogP) is 3.94. The molecule has 0 unspecified atom stereocenters. The highest BCUT2D eigenvalue weighted by molar-refractivity contribution is 5.80. The number of fused-ring (bicyclic) bond motifs is 5. The molecule has 0 aliphatic heterocycles. The molecule has 0 radical (unpaired) electrons. The van der Waals surface area contributed by atoms with E-state index in [0.29, 0.717) is 41.9 Å². The van der Waals surface area contributed by atoms with Gasteiger partial charge in [-0.25, -0.2) is 0 Å². The zero-order chi connectivity index (χ0) is 24.1. The number of carboxylic acids is 1. The SMILES string of the molecule is C[C@H](CCC(=O)N(C)CC(=O)O)[C@H]1CC[C@H]2[C@@H]3[C@@H](O)C[C@@H]4C[C@H](O)CC[C@]4(C)[C@H]3CC[C@]12C. The highest BCUT2D eigenvalue weighted by atomic mass is 16.4. The van der Waals surface area contributed by atoms with Crippen molar-refractivity contribution >= 4 is 11.9 Å². The zero-order valence-electron chi connectivity index (χ0n) is 21.0. The molecule has 4 aliphatic carbocycles. The average molecular weight is 464 g/mol. The fraction of sp³-hybridized carbons (Fsp3) is 0.926. The van der Waals surface area contributed by atoms with E-state index in [1.807, 2.05) is 0 Å². The third kappa shape index (κ3) is 4.35. The molecule has 3 N–H and O–H groups in total. The molecule has 33 heavy (non-hydrogen) atoms. The lowest BCUT2D eigenvalue weighted by Crippen LogP contribution is -2.58. The maximum atomic E-state index is 12.4. The minimum Gasteiger partial charge on any atom is -0.480 e. The van der Waals surface area contributed by atoms with Gasteiger partial charge in [0.2, 0.25) is 5.91 Å². The molecule has 0 spiro atoms. The van der Waals surface area contributed by atoms with Crippen molar-refractivity contribution in [2.24, 2.45) is 46.3 Å². The van der Waals surface area contributed by atoms with Gasteiger partial charge in [0.1, 0.15) is 6.54 Å². The first-order valence-corrected chi connectivity index (χ1v) is 13.3. The fourth-order valence-corrected chi connectivity index (χ4v) is 9.21. The van der Waals surface area contributed by atoms with Gasteiger partial charge in [-0.1, -0.05) is 20.8 Å². The van der Waals surface area contributed by atoms with Gasteiger partial charge >= 0.3 is 5.97 Å². The second kappa shape index (κ2) is 9.14. The van der Waals surface area contributed by atoms with E-state index in [9.17, 15) is 19.8 Å². The smallest absolute Gasteiger partial charge is 0.323 e. The first-order chi connectivity index (χ1) is 15.5. The van der Waals surface area contributed by atoms with Gasteiger partial charge in [0.15, 0.2) is 0 Å². The van der Waals surface area contributed by atoms with Gasteiger partial charge in [-0.3, -0.25) is 9.59 Å². The highest BCUT2D eigenvalue weighted by Gasteiger charge is 2.62. The molecule has 1 amide bonds. The molecule has 6 heteroatoms. The molecule has 4 aliphatic rings. The number of likely N-dealkylation sites (N-methyl/N-ethyl adjacent to an activating group) is 1. The van der Waals surface area contributed by atoms with Crippen molar-refractivity contribution in [2.45, 2.75) is 97.2 Å². The van der Waals surface area contributed by atoms with Crippen molar-refractivity contribution in [2.75, 3.05) is 13.6 Å². The standard InChI is InChI=1S/C27H45NO5/c1-16(5-8-23(31)28(4)15-24(32)33)19-6-7-20-25-21(10-12-27(19,20)3)26(2)11-9-18(29)13-17(26)14-22(25)30/h16-22,25,29-30H,5-15H2,1-4H3,(H,32,33)/t16-,17+,18-,19-,20+,21+,22+,25+,26+,27-/m1/s1. The Morgan fingerprint density at radius 2 is 1.67 bits per heavy atom. The largest absolute Gasteiger partial charge is 0.480 e. The second-order valence-electron chi connectivity index (χ2n) is 12.6. The summed E-state index contributed by atoms with van der Waals surface area (Å²) in [6.45, 7) is 6.93. The number of aliphatic hydroxyl groups is 2. The molecular weight excluding hydrogens is 418 g/mol. The Kier molecular flexibility index (Phi) is 6.92. The van der Waals surface area contributed by atoms with Crippen LogP contribution in [0, 0.1) is 46.3 Å². The van der Waals surface area contributed by atoms with E-state index < -0.39 is 5.97 Å². The maximum Gasteiger partial charge on any atom is 0.323 e. The van der Waals surface area contributed by atoms with Crippen molar-refractivity contribution in [1.82, 2.24) is 4.90 Å². The van der Waals surface area contributed by atoms with Crippen molar-refractivity contribution < 1.29 is 24.9 Å². The summed E-state index contributed by atoms with van der Waals surface area (Å²) in [5, 5.41) is 30.6. The Balaban J connectivity index is 1.44. The first kappa shape index (κ1) is 25.0. The van der Waals surface area contributed by atoms with E-state index in [0.717, 1.165) is 38.5 Å². The van der Waals surface area contributed by atoms with Crippen LogP contribution in [0.1, 0.15) is 85.0 Å². The van der Waals surface area contributed by atoms with Gasteiger partial charge in [0.05, 0.1) is 12.2 Å². The highest BCUT2D eigenvalue weighted by Crippen LogP contribution is 2.68. The van der Waals surface area contributed by atoms with Crippen molar-refractivity contribution in [3.63, 3.8) is 0 Å². The summed E-state index contributed by atoms with van der Waals surface area (Å²) in [5.74, 6) is 1.78. The van der Waals surface area contributed by atoms with E-state index in [1.54, 1.807) is 7.05 Å². The van der Waals surface area contributed by atoms with Crippen molar-refractivity contribution in [1.29, 1.82) is 0 Å². The number of aliphatic hydroxyl groups excluding tert-OH is 2. The number of hydrogen-bond donors (Lipinski definition) is 3. The Hall–Kier alpha value is -1.14. The minimum absolute atomic E-state index is 0.0891. The summed E-state index contributed by atoms with van der Waals surface area (Å²) >= 11 is 0. The molecule has 0 aromatic heterocycles. The fourth-order valence-electron chi connectivity index (χ4n) is 9.21. The van der Waals surface area contributed by atoms with Crippen LogP contribution in [0.25, 0.3) is 0 Å². The van der Waals surface area contributed by atoms with Crippen molar-refractivity contribution in [3.8, 4) is 0 Å². The Labute approximate surface area is 199 Å². The van der Waals surface area contributed by atoms with E-state index in [-0.39, 0.29) is 35.5 Å². The van der Waals surface area contributed by atoms with Gasteiger partial charge in [-0.2, -0.15) is 0 Å². The number of aliphatic carboxylic acids is 1. The number of carboxylic acid groups (broad SMARTS) is 1. The summed E-state index contributed by atoms with van der Waals surface area (Å²) in [6.07, 6.45) is 9.10. The van der Waals surface area contributed by atoms with Crippen LogP contribution in [-0.4, -0.2) is 57.9 Å². The van der Waals surface area contributed by atoms with Gasteiger partial charge in [-0.15, -0.1) is 0 Å². The van der Waals surface area contributed by atoms with Crippen LogP contribution in [0.15, 0.2) is 0 Å². The van der Waals surface area contributed by atoms with Crippen LogP contribution >= 0.6 is 0 Å². The Morgan fingerprint density at radius 1 is 1.00 bits per heavy atom. The van der Waals surface area contributed by atoms with Crippen LogP contribution in [0.3, 0.4) is 0 Å². The molecule has 4 fully saturated rings. The molecule has 0 heterocycles. The molecule has 188 valence electrons. The monoisotopic (exact) mass is 463 g/mol. The Bertz CT molecular complexity index is 757. The molecule has 4 saturated carbocycles. The van der Waals surface area contributed by atoms with E-state index in [4.69, 9.17) is 5.11 Å². The number of amides is 1. The molecule has 0 saturated heterocycles. The molecular formula is C27H45NO5. The molecule has 6 nitrogen and oxygen atoms in total. The van der Waals surface area contributed by atoms with Gasteiger partial charge < -0.3 is 20.2 Å². The minimum atomic E-state index is -0.976. The van der Waals surface area contributed by atoms with Crippen LogP contribution in [-0.2, 0) is 9.59 Å². The van der Waals surface area contributed by atoms with E-state index in [2.05, 4.69) is 20.8 Å². The quantitative estimate of drug-likeness (QED) is 0.554. The third-order valence-electron chi connectivity index (χ3n) is 11.0. The number of nitrogens with zero attached hydrogens (tertiary/aromatic N) is 1. The summed E-state index contributed by atoms with van der Waals surface area (Å²) in [6, 6.07) is 0. The van der Waals surface area contributed by atoms with Crippen molar-refractivity contribution in [3.05, 3.63) is 0 Å². The molecule has 10 atom stereocenters. The van der Waals surface area contributed by atoms with E-state index >= 15 is 0 Å². The van der Waals surface area contributed by atoms with Crippen LogP contribution in [0.5, 0.6) is 0 Å². The molecule has 0 bridgehead atoms. The molecule has 4 rings (SSSR count). The maximum absolute atomic E-state index is 12.4. The average Bonchev–Trinajstić information content (AvgIpc) is 3.09. The van der Waals surface area contributed by atoms with Gasteiger partial charge in [0.25, 0.3) is 0 Å². The summed E-state index contributed by atoms with van der Waals surface area (Å²) in [4.78, 5) is 24.6. The predicted molar refractivity (Wildman–Crippen MR) is 126 cm³/mol. The second-order valence-corrected chi connectivity index (χ2v) is 12.6. The topological polar surface area (TPSA) is 98.1 Å². The molecule has 0 aromatic carbocycles. The number of hydrogen-bond acceptors (Lipinski definition) is 4. The lowest BCUT2D eigenvalue weighted by Gasteiger charge is -2.62. The van der Waals surface area contributed by atoms with Crippen LogP contribution < -0.4 is 0 Å². The zero-order valence-corrected chi connectivity index (χ0v) is 21.0. The molecule has 0 aromatic rings. The number of rotatable bonds is 6. The lowest BCUT2D eigenvalue weighted by molar-refractivity contribution is -0.174. The van der Waals surface area contributed by atoms with Gasteiger partial charge in [0, 0.05) is 13.5 Å². The third-order valence-corrected chi connectivity index (χ3v) is 11.0. The van der Waals surface area contributed by atoms with Crippen LogP contribution in [0.2, 0.25) is 0 Å². The summed E-state index contributed by atoms with van der Waals surface area (Å²) in [5.41, 5.74) is 0.449. The Morgan fingerprint density at radius 3 is 2.36 bits per heavy atom. The van der Waals surface area contributed by atoms with Gasteiger partial charge in [-0.05, 0) is 104 Å². The normalized spacial score (nSPS) is 45.5.